The van der Waals surface area contributed by atoms with Crippen LogP contribution in [0.1, 0.15) is 22.1 Å². The molecule has 1 aliphatic rings. The van der Waals surface area contributed by atoms with E-state index in [1.165, 1.54) is 24.3 Å². The summed E-state index contributed by atoms with van der Waals surface area (Å²) in [5, 5.41) is 13.8. The smallest absolute Gasteiger partial charge is 0.269 e. The van der Waals surface area contributed by atoms with Gasteiger partial charge >= 0.3 is 0 Å². The first-order valence-electron chi connectivity index (χ1n) is 8.59. The van der Waals surface area contributed by atoms with E-state index in [1.54, 1.807) is 11.8 Å². The fraction of sp³-hybridized carbons (Fsp3) is 0.316. The van der Waals surface area contributed by atoms with Gasteiger partial charge in [0.2, 0.25) is 0 Å². The molecule has 142 valence electrons. The van der Waals surface area contributed by atoms with Gasteiger partial charge in [-0.05, 0) is 36.1 Å². The second-order valence-corrected chi connectivity index (χ2v) is 6.98. The highest BCUT2D eigenvalue weighted by atomic mass is 32.2. The summed E-state index contributed by atoms with van der Waals surface area (Å²) in [5.74, 6) is -0.268. The maximum Gasteiger partial charge on any atom is 0.269 e. The maximum atomic E-state index is 12.7. The standard InChI is InChI=1S/C19H21N3O4S/c1-27-17-8-4-14(5-9-17)18(21-10-12-26-13-11-21)20-19(23)15-2-6-16(7-3-15)22(24)25/h2-9,18H,10-13H2,1H3,(H,20,23). The Morgan fingerprint density at radius 2 is 1.78 bits per heavy atom. The number of benzene rings is 2. The van der Waals surface area contributed by atoms with Gasteiger partial charge in [-0.25, -0.2) is 0 Å². The summed E-state index contributed by atoms with van der Waals surface area (Å²) in [6.07, 6.45) is 1.73. The van der Waals surface area contributed by atoms with Crippen molar-refractivity contribution in [3.63, 3.8) is 0 Å². The quantitative estimate of drug-likeness (QED) is 0.466. The third-order valence-electron chi connectivity index (χ3n) is 4.45. The van der Waals surface area contributed by atoms with E-state index in [0.29, 0.717) is 18.8 Å². The molecule has 1 unspecified atom stereocenters. The molecular formula is C19H21N3O4S. The molecule has 0 radical (unpaired) electrons. The largest absolute Gasteiger partial charge is 0.379 e. The third-order valence-corrected chi connectivity index (χ3v) is 5.19. The highest BCUT2D eigenvalue weighted by molar-refractivity contribution is 7.98. The number of rotatable bonds is 6. The van der Waals surface area contributed by atoms with Gasteiger partial charge < -0.3 is 10.1 Å². The Morgan fingerprint density at radius 3 is 2.33 bits per heavy atom. The minimum absolute atomic E-state index is 0.0380. The van der Waals surface area contributed by atoms with Crippen molar-refractivity contribution < 1.29 is 14.5 Å². The number of hydrogen-bond donors (Lipinski definition) is 1. The average Bonchev–Trinajstić information content (AvgIpc) is 2.72. The lowest BCUT2D eigenvalue weighted by Crippen LogP contribution is -2.46. The van der Waals surface area contributed by atoms with E-state index in [0.717, 1.165) is 23.5 Å². The number of morpholine rings is 1. The summed E-state index contributed by atoms with van der Waals surface area (Å²) in [5.41, 5.74) is 1.34. The molecule has 2 aromatic rings. The Kier molecular flexibility index (Phi) is 6.44. The van der Waals surface area contributed by atoms with E-state index in [1.807, 2.05) is 30.5 Å². The van der Waals surface area contributed by atoms with Crippen LogP contribution in [-0.2, 0) is 4.74 Å². The van der Waals surface area contributed by atoms with Crippen LogP contribution < -0.4 is 5.32 Å². The van der Waals surface area contributed by atoms with Gasteiger partial charge in [0.15, 0.2) is 0 Å². The van der Waals surface area contributed by atoms with Crippen LogP contribution in [0.3, 0.4) is 0 Å². The number of nitrogens with zero attached hydrogens (tertiary/aromatic N) is 2. The first-order valence-corrected chi connectivity index (χ1v) is 9.82. The third kappa shape index (κ3) is 4.85. The molecule has 27 heavy (non-hydrogen) atoms. The summed E-state index contributed by atoms with van der Waals surface area (Å²) in [6, 6.07) is 13.7. The normalized spacial score (nSPS) is 15.9. The van der Waals surface area contributed by atoms with E-state index in [-0.39, 0.29) is 17.8 Å². The molecule has 0 aliphatic carbocycles. The van der Waals surface area contributed by atoms with E-state index in [9.17, 15) is 14.9 Å². The molecule has 1 saturated heterocycles. The van der Waals surface area contributed by atoms with Crippen LogP contribution in [-0.4, -0.2) is 48.3 Å². The van der Waals surface area contributed by atoms with Crippen LogP contribution in [0.4, 0.5) is 5.69 Å². The van der Waals surface area contributed by atoms with Crippen LogP contribution in [0.25, 0.3) is 0 Å². The molecule has 1 N–H and O–H groups in total. The molecule has 2 aromatic carbocycles. The first-order chi connectivity index (χ1) is 13.1. The summed E-state index contributed by atoms with van der Waals surface area (Å²) >= 11 is 1.66. The van der Waals surface area contributed by atoms with Gasteiger partial charge in [0.05, 0.1) is 18.1 Å². The van der Waals surface area contributed by atoms with Crippen molar-refractivity contribution in [1.29, 1.82) is 0 Å². The maximum absolute atomic E-state index is 12.7. The van der Waals surface area contributed by atoms with Gasteiger partial charge in [0.1, 0.15) is 6.17 Å². The molecule has 1 fully saturated rings. The molecule has 0 bridgehead atoms. The van der Waals surface area contributed by atoms with Gasteiger partial charge in [-0.3, -0.25) is 19.8 Å². The molecule has 0 aromatic heterocycles. The van der Waals surface area contributed by atoms with Crippen molar-refractivity contribution in [2.45, 2.75) is 11.1 Å². The zero-order valence-electron chi connectivity index (χ0n) is 15.0. The lowest BCUT2D eigenvalue weighted by Gasteiger charge is -2.35. The summed E-state index contributed by atoms with van der Waals surface area (Å²) in [4.78, 5) is 26.4. The second kappa shape index (κ2) is 8.98. The Balaban J connectivity index is 1.81. The number of amides is 1. The van der Waals surface area contributed by atoms with Crippen molar-refractivity contribution in [3.8, 4) is 0 Å². The zero-order valence-corrected chi connectivity index (χ0v) is 15.8. The molecule has 0 saturated carbocycles. The van der Waals surface area contributed by atoms with Crippen LogP contribution in [0, 0.1) is 10.1 Å². The number of hydrogen-bond acceptors (Lipinski definition) is 6. The highest BCUT2D eigenvalue weighted by Crippen LogP contribution is 2.23. The number of ether oxygens (including phenoxy) is 1. The van der Waals surface area contributed by atoms with Crippen molar-refractivity contribution in [2.75, 3.05) is 32.6 Å². The molecule has 7 nitrogen and oxygen atoms in total. The number of thioether (sulfide) groups is 1. The topological polar surface area (TPSA) is 84.7 Å². The Bertz CT molecular complexity index is 790. The number of nitro groups is 1. The number of non-ortho nitro benzene ring substituents is 1. The summed E-state index contributed by atoms with van der Waals surface area (Å²) < 4.78 is 5.43. The summed E-state index contributed by atoms with van der Waals surface area (Å²) in [6.45, 7) is 2.67. The molecule has 1 atom stereocenters. The predicted molar refractivity (Wildman–Crippen MR) is 104 cm³/mol. The van der Waals surface area contributed by atoms with Crippen molar-refractivity contribution in [2.24, 2.45) is 0 Å². The van der Waals surface area contributed by atoms with Crippen LogP contribution in [0.15, 0.2) is 53.4 Å². The van der Waals surface area contributed by atoms with Crippen LogP contribution in [0.5, 0.6) is 0 Å². The fourth-order valence-corrected chi connectivity index (χ4v) is 3.36. The molecule has 1 heterocycles. The number of nitrogens with one attached hydrogen (secondary N) is 1. The number of nitro benzene ring substituents is 1. The van der Waals surface area contributed by atoms with Crippen LogP contribution >= 0.6 is 11.8 Å². The minimum atomic E-state index is -0.481. The van der Waals surface area contributed by atoms with Gasteiger partial charge in [0.25, 0.3) is 11.6 Å². The first kappa shape index (κ1) is 19.3. The molecular weight excluding hydrogens is 366 g/mol. The number of carbonyl (C=O) groups is 1. The molecule has 1 amide bonds. The van der Waals surface area contributed by atoms with Crippen molar-refractivity contribution in [1.82, 2.24) is 10.2 Å². The van der Waals surface area contributed by atoms with E-state index >= 15 is 0 Å². The van der Waals surface area contributed by atoms with Gasteiger partial charge in [-0.1, -0.05) is 12.1 Å². The molecule has 1 aliphatic heterocycles. The monoisotopic (exact) mass is 387 g/mol. The van der Waals surface area contributed by atoms with E-state index < -0.39 is 4.92 Å². The van der Waals surface area contributed by atoms with Crippen LogP contribution in [0.2, 0.25) is 0 Å². The second-order valence-electron chi connectivity index (χ2n) is 6.10. The predicted octanol–water partition coefficient (Wildman–Crippen LogP) is 3.08. The minimum Gasteiger partial charge on any atom is -0.379 e. The summed E-state index contributed by atoms with van der Waals surface area (Å²) in [7, 11) is 0. The van der Waals surface area contributed by atoms with Gasteiger partial charge in [-0.15, -0.1) is 11.8 Å². The van der Waals surface area contributed by atoms with E-state index in [4.69, 9.17) is 4.74 Å². The number of carbonyl (C=O) groups excluding carboxylic acids is 1. The molecule has 3 rings (SSSR count). The van der Waals surface area contributed by atoms with Gasteiger partial charge in [-0.2, -0.15) is 0 Å². The lowest BCUT2D eigenvalue weighted by molar-refractivity contribution is -0.384. The highest BCUT2D eigenvalue weighted by Gasteiger charge is 2.25. The Morgan fingerprint density at radius 1 is 1.15 bits per heavy atom. The van der Waals surface area contributed by atoms with Gasteiger partial charge in [0, 0.05) is 35.7 Å². The van der Waals surface area contributed by atoms with Crippen molar-refractivity contribution >= 4 is 23.4 Å². The molecule has 8 heteroatoms. The fourth-order valence-electron chi connectivity index (χ4n) is 2.95. The molecule has 0 spiro atoms. The lowest BCUT2D eigenvalue weighted by atomic mass is 10.1. The zero-order chi connectivity index (χ0) is 19.2. The Labute approximate surface area is 161 Å². The van der Waals surface area contributed by atoms with E-state index in [2.05, 4.69) is 10.2 Å². The van der Waals surface area contributed by atoms with Crippen molar-refractivity contribution in [3.05, 3.63) is 69.8 Å². The SMILES string of the molecule is CSc1ccc(C(NC(=O)c2ccc([N+](=O)[O-])cc2)N2CCOCC2)cc1. The average molecular weight is 387 g/mol. The Hall–Kier alpha value is -2.42.